The van der Waals surface area contributed by atoms with Crippen LogP contribution in [0, 0.1) is 5.41 Å². The standard InChI is InChI=1S/C21H16Cl2N2O3/c22-14-5-4-11(9-15(14)23)8-12-2-1-3-13-18(12)24-17-6-7-21(20(27)28)10-16(21)25(17)19(13)26/h4-9,16H,1-3,10H2,(H,27,28)/b12-8-. The molecule has 0 spiro atoms. The number of carbonyl (C=O) groups is 1. The van der Waals surface area contributed by atoms with Crippen molar-refractivity contribution in [2.24, 2.45) is 5.41 Å². The Hall–Kier alpha value is -2.37. The van der Waals surface area contributed by atoms with E-state index in [0.29, 0.717) is 40.0 Å². The molecule has 0 radical (unpaired) electrons. The molecule has 0 saturated heterocycles. The number of carboxylic acid groups (broad SMARTS) is 1. The first-order valence-corrected chi connectivity index (χ1v) is 9.90. The molecule has 2 heterocycles. The van der Waals surface area contributed by atoms with Gasteiger partial charge in [0.2, 0.25) is 0 Å². The van der Waals surface area contributed by atoms with E-state index in [1.54, 1.807) is 28.9 Å². The van der Waals surface area contributed by atoms with Crippen molar-refractivity contribution >= 4 is 46.9 Å². The number of hydrogen-bond donors (Lipinski definition) is 1. The number of rotatable bonds is 2. The van der Waals surface area contributed by atoms with Crippen LogP contribution >= 0.6 is 23.2 Å². The van der Waals surface area contributed by atoms with Gasteiger partial charge >= 0.3 is 5.97 Å². The highest BCUT2D eigenvalue weighted by atomic mass is 35.5. The van der Waals surface area contributed by atoms with Gasteiger partial charge in [-0.25, -0.2) is 4.98 Å². The van der Waals surface area contributed by atoms with Crippen molar-refractivity contribution in [3.8, 4) is 0 Å². The summed E-state index contributed by atoms with van der Waals surface area (Å²) in [5, 5.41) is 10.5. The van der Waals surface area contributed by atoms with Gasteiger partial charge in [0, 0.05) is 5.56 Å². The molecular formula is C21H16Cl2N2O3. The molecule has 3 aliphatic rings. The van der Waals surface area contributed by atoms with E-state index in [1.807, 2.05) is 12.1 Å². The quantitative estimate of drug-likeness (QED) is 0.786. The van der Waals surface area contributed by atoms with Crippen LogP contribution < -0.4 is 5.56 Å². The van der Waals surface area contributed by atoms with E-state index in [4.69, 9.17) is 28.2 Å². The highest BCUT2D eigenvalue weighted by Crippen LogP contribution is 2.59. The second-order valence-electron chi connectivity index (χ2n) is 7.57. The lowest BCUT2D eigenvalue weighted by Crippen LogP contribution is -2.33. The van der Waals surface area contributed by atoms with Crippen LogP contribution in [-0.2, 0) is 11.2 Å². The second-order valence-corrected chi connectivity index (χ2v) is 8.38. The van der Waals surface area contributed by atoms with E-state index >= 15 is 0 Å². The molecule has 0 bridgehead atoms. The third kappa shape index (κ3) is 2.50. The maximum atomic E-state index is 13.2. The van der Waals surface area contributed by atoms with Gasteiger partial charge in [0.15, 0.2) is 0 Å². The molecule has 1 saturated carbocycles. The van der Waals surface area contributed by atoms with Crippen molar-refractivity contribution in [2.75, 3.05) is 0 Å². The van der Waals surface area contributed by atoms with Gasteiger partial charge in [-0.3, -0.25) is 14.2 Å². The van der Waals surface area contributed by atoms with Crippen molar-refractivity contribution in [1.82, 2.24) is 9.55 Å². The number of hydrogen-bond acceptors (Lipinski definition) is 3. The predicted octanol–water partition coefficient (Wildman–Crippen LogP) is 4.47. The van der Waals surface area contributed by atoms with E-state index in [1.165, 1.54) is 0 Å². The molecule has 1 aromatic heterocycles. The van der Waals surface area contributed by atoms with E-state index in [9.17, 15) is 14.7 Å². The summed E-state index contributed by atoms with van der Waals surface area (Å²) >= 11 is 12.1. The highest BCUT2D eigenvalue weighted by Gasteiger charge is 2.62. The molecule has 28 heavy (non-hydrogen) atoms. The van der Waals surface area contributed by atoms with Gasteiger partial charge in [-0.1, -0.05) is 35.3 Å². The number of allylic oxidation sites excluding steroid dienone is 1. The molecule has 1 aromatic carbocycles. The fraction of sp³-hybridized carbons (Fsp3) is 0.286. The average Bonchev–Trinajstić information content (AvgIpc) is 3.42. The first kappa shape index (κ1) is 17.7. The topological polar surface area (TPSA) is 72.2 Å². The Balaban J connectivity index is 1.63. The summed E-state index contributed by atoms with van der Waals surface area (Å²) in [6, 6.07) is 5.09. The SMILES string of the molecule is O=C(O)C12C=Cc3nc4c(c(=O)n3C1C2)CCC/C4=C/c1ccc(Cl)c(Cl)c1. The fourth-order valence-corrected chi connectivity index (χ4v) is 4.61. The lowest BCUT2D eigenvalue weighted by molar-refractivity contribution is -0.141. The van der Waals surface area contributed by atoms with Crippen molar-refractivity contribution in [3.05, 3.63) is 67.3 Å². The number of carboxylic acids is 1. The summed E-state index contributed by atoms with van der Waals surface area (Å²) in [4.78, 5) is 29.6. The Bertz CT molecular complexity index is 1160. The molecule has 1 N–H and O–H groups in total. The zero-order valence-corrected chi connectivity index (χ0v) is 16.3. The monoisotopic (exact) mass is 414 g/mol. The van der Waals surface area contributed by atoms with Crippen LogP contribution in [-0.4, -0.2) is 20.6 Å². The van der Waals surface area contributed by atoms with Gasteiger partial charge < -0.3 is 5.11 Å². The molecule has 1 aliphatic heterocycles. The Labute approximate surface area is 170 Å². The lowest BCUT2D eigenvalue weighted by atomic mass is 9.90. The maximum absolute atomic E-state index is 13.2. The average molecular weight is 415 g/mol. The Kier molecular flexibility index (Phi) is 3.83. The number of aromatic nitrogens is 2. The summed E-state index contributed by atoms with van der Waals surface area (Å²) in [6.45, 7) is 0. The molecule has 2 aliphatic carbocycles. The van der Waals surface area contributed by atoms with E-state index in [2.05, 4.69) is 0 Å². The largest absolute Gasteiger partial charge is 0.481 e. The smallest absolute Gasteiger partial charge is 0.315 e. The van der Waals surface area contributed by atoms with Crippen LogP contribution in [0.3, 0.4) is 0 Å². The van der Waals surface area contributed by atoms with Crippen LogP contribution in [0.25, 0.3) is 17.7 Å². The molecule has 5 nitrogen and oxygen atoms in total. The summed E-state index contributed by atoms with van der Waals surface area (Å²) in [6.07, 6.45) is 8.10. The van der Waals surface area contributed by atoms with Crippen molar-refractivity contribution in [1.29, 1.82) is 0 Å². The van der Waals surface area contributed by atoms with Crippen molar-refractivity contribution in [2.45, 2.75) is 31.7 Å². The summed E-state index contributed by atoms with van der Waals surface area (Å²) < 4.78 is 1.58. The van der Waals surface area contributed by atoms with Crippen molar-refractivity contribution < 1.29 is 9.90 Å². The summed E-state index contributed by atoms with van der Waals surface area (Å²) in [7, 11) is 0. The van der Waals surface area contributed by atoms with E-state index in [-0.39, 0.29) is 11.6 Å². The molecule has 142 valence electrons. The maximum Gasteiger partial charge on any atom is 0.315 e. The molecule has 2 unspecified atom stereocenters. The van der Waals surface area contributed by atoms with Gasteiger partial charge in [0.25, 0.3) is 5.56 Å². The zero-order chi connectivity index (χ0) is 19.6. The van der Waals surface area contributed by atoms with Gasteiger partial charge in [0.1, 0.15) is 11.2 Å². The summed E-state index contributed by atoms with van der Waals surface area (Å²) in [5.41, 5.74) is 2.21. The van der Waals surface area contributed by atoms with E-state index < -0.39 is 11.4 Å². The van der Waals surface area contributed by atoms with Crippen LogP contribution in [0.1, 0.15) is 47.9 Å². The van der Waals surface area contributed by atoms with Crippen LogP contribution in [0.4, 0.5) is 0 Å². The molecular weight excluding hydrogens is 399 g/mol. The number of benzene rings is 1. The molecule has 7 heteroatoms. The van der Waals surface area contributed by atoms with Gasteiger partial charge in [-0.2, -0.15) is 0 Å². The first-order chi connectivity index (χ1) is 13.4. The van der Waals surface area contributed by atoms with Crippen LogP contribution in [0.2, 0.25) is 10.0 Å². The molecule has 1 fully saturated rings. The number of fused-ring (bicyclic) bond motifs is 4. The van der Waals surface area contributed by atoms with Gasteiger partial charge in [0.05, 0.1) is 21.8 Å². The predicted molar refractivity (Wildman–Crippen MR) is 109 cm³/mol. The molecule has 5 rings (SSSR count). The molecule has 0 amide bonds. The van der Waals surface area contributed by atoms with Gasteiger partial charge in [-0.15, -0.1) is 0 Å². The third-order valence-electron chi connectivity index (χ3n) is 5.90. The number of nitrogens with zero attached hydrogens (tertiary/aromatic N) is 2. The number of aliphatic carboxylic acids is 1. The fourth-order valence-electron chi connectivity index (χ4n) is 4.30. The normalized spacial score (nSPS) is 25.8. The highest BCUT2D eigenvalue weighted by molar-refractivity contribution is 6.42. The Morgan fingerprint density at radius 2 is 2.11 bits per heavy atom. The minimum absolute atomic E-state index is 0.114. The second kappa shape index (κ2) is 6.06. The Morgan fingerprint density at radius 3 is 2.86 bits per heavy atom. The van der Waals surface area contributed by atoms with E-state index in [0.717, 1.165) is 24.0 Å². The van der Waals surface area contributed by atoms with Crippen LogP contribution in [0.15, 0.2) is 29.1 Å². The zero-order valence-electron chi connectivity index (χ0n) is 14.8. The first-order valence-electron chi connectivity index (χ1n) is 9.15. The third-order valence-corrected chi connectivity index (χ3v) is 6.64. The van der Waals surface area contributed by atoms with Gasteiger partial charge in [-0.05, 0) is 61.1 Å². The minimum Gasteiger partial charge on any atom is -0.481 e. The van der Waals surface area contributed by atoms with Crippen molar-refractivity contribution in [3.63, 3.8) is 0 Å². The Morgan fingerprint density at radius 1 is 1.29 bits per heavy atom. The number of halogens is 2. The molecule has 2 aromatic rings. The molecule has 2 atom stereocenters. The minimum atomic E-state index is -0.944. The lowest BCUT2D eigenvalue weighted by Gasteiger charge is -2.23. The summed E-state index contributed by atoms with van der Waals surface area (Å²) in [5.74, 6) is -0.353. The van der Waals surface area contributed by atoms with Crippen LogP contribution in [0.5, 0.6) is 0 Å².